The molecule has 0 bridgehead atoms. The molecule has 2 heterocycles. The molecule has 0 radical (unpaired) electrons. The van der Waals surface area contributed by atoms with E-state index in [-0.39, 0.29) is 5.91 Å². The highest BCUT2D eigenvalue weighted by atomic mass is 16.1. The van der Waals surface area contributed by atoms with Crippen molar-refractivity contribution in [1.29, 1.82) is 0 Å². The maximum absolute atomic E-state index is 12.1. The molecule has 21 heavy (non-hydrogen) atoms. The van der Waals surface area contributed by atoms with Gasteiger partial charge >= 0.3 is 0 Å². The summed E-state index contributed by atoms with van der Waals surface area (Å²) >= 11 is 0. The second-order valence-electron chi connectivity index (χ2n) is 6.25. The molecular formula is C16H26N4O. The van der Waals surface area contributed by atoms with E-state index in [1.807, 2.05) is 31.1 Å². The van der Waals surface area contributed by atoms with Crippen LogP contribution in [0.3, 0.4) is 0 Å². The van der Waals surface area contributed by atoms with Crippen LogP contribution in [0, 0.1) is 5.92 Å². The number of nitrogens with one attached hydrogen (secondary N) is 1. The highest BCUT2D eigenvalue weighted by molar-refractivity contribution is 5.94. The number of likely N-dealkylation sites (tertiary alicyclic amines) is 1. The fraction of sp³-hybridized carbons (Fsp3) is 0.625. The molecule has 116 valence electrons. The van der Waals surface area contributed by atoms with E-state index in [0.29, 0.717) is 17.5 Å². The molecule has 1 fully saturated rings. The Balaban J connectivity index is 1.82. The Morgan fingerprint density at radius 3 is 2.76 bits per heavy atom. The predicted molar refractivity (Wildman–Crippen MR) is 85.7 cm³/mol. The Kier molecular flexibility index (Phi) is 5.17. The van der Waals surface area contributed by atoms with E-state index in [1.165, 1.54) is 0 Å². The van der Waals surface area contributed by atoms with Crippen molar-refractivity contribution in [3.05, 3.63) is 23.9 Å². The van der Waals surface area contributed by atoms with Gasteiger partial charge in [0.15, 0.2) is 0 Å². The molecule has 1 amide bonds. The molecular weight excluding hydrogens is 264 g/mol. The van der Waals surface area contributed by atoms with E-state index < -0.39 is 0 Å². The summed E-state index contributed by atoms with van der Waals surface area (Å²) in [5, 5.41) is 3.03. The van der Waals surface area contributed by atoms with E-state index in [1.54, 1.807) is 6.20 Å². The van der Waals surface area contributed by atoms with Gasteiger partial charge in [0.25, 0.3) is 5.91 Å². The van der Waals surface area contributed by atoms with Crippen molar-refractivity contribution in [2.24, 2.45) is 5.92 Å². The zero-order valence-electron chi connectivity index (χ0n) is 13.5. The third kappa shape index (κ3) is 4.17. The van der Waals surface area contributed by atoms with Gasteiger partial charge in [-0.25, -0.2) is 4.98 Å². The van der Waals surface area contributed by atoms with Crippen molar-refractivity contribution in [3.63, 3.8) is 0 Å². The van der Waals surface area contributed by atoms with Gasteiger partial charge in [0.1, 0.15) is 5.82 Å². The average molecular weight is 290 g/mol. The van der Waals surface area contributed by atoms with Gasteiger partial charge in [0.05, 0.1) is 5.56 Å². The Hall–Kier alpha value is -1.62. The Bertz CT molecular complexity index is 470. The minimum absolute atomic E-state index is 0.0317. The van der Waals surface area contributed by atoms with Gasteiger partial charge in [-0.1, -0.05) is 0 Å². The van der Waals surface area contributed by atoms with Crippen molar-refractivity contribution in [1.82, 2.24) is 15.2 Å². The van der Waals surface area contributed by atoms with E-state index in [4.69, 9.17) is 0 Å². The van der Waals surface area contributed by atoms with Crippen LogP contribution in [0.1, 0.15) is 30.6 Å². The smallest absolute Gasteiger partial charge is 0.252 e. The SMILES string of the molecule is CC(C)N1CC[C@H](CNC(=O)c2ccc(N(C)C)nc2)C1. The van der Waals surface area contributed by atoms with E-state index in [0.717, 1.165) is 31.9 Å². The number of anilines is 1. The molecule has 1 aliphatic rings. The lowest BCUT2D eigenvalue weighted by atomic mass is 10.1. The summed E-state index contributed by atoms with van der Waals surface area (Å²) in [7, 11) is 3.87. The summed E-state index contributed by atoms with van der Waals surface area (Å²) in [6, 6.07) is 4.28. The van der Waals surface area contributed by atoms with Crippen LogP contribution < -0.4 is 10.2 Å². The first-order valence-corrected chi connectivity index (χ1v) is 7.63. The highest BCUT2D eigenvalue weighted by Gasteiger charge is 2.24. The summed E-state index contributed by atoms with van der Waals surface area (Å²) < 4.78 is 0. The fourth-order valence-corrected chi connectivity index (χ4v) is 2.62. The lowest BCUT2D eigenvalue weighted by Gasteiger charge is -2.20. The van der Waals surface area contributed by atoms with Crippen LogP contribution in [0.25, 0.3) is 0 Å². The molecule has 5 nitrogen and oxygen atoms in total. The summed E-state index contributed by atoms with van der Waals surface area (Å²) in [6.07, 6.45) is 2.80. The number of nitrogens with zero attached hydrogens (tertiary/aromatic N) is 3. The molecule has 1 atom stereocenters. The number of amides is 1. The van der Waals surface area contributed by atoms with Crippen LogP contribution in [0.4, 0.5) is 5.82 Å². The topological polar surface area (TPSA) is 48.5 Å². The second kappa shape index (κ2) is 6.89. The Morgan fingerprint density at radius 1 is 1.48 bits per heavy atom. The molecule has 1 aliphatic heterocycles. The van der Waals surface area contributed by atoms with Crippen molar-refractivity contribution in [2.75, 3.05) is 38.6 Å². The van der Waals surface area contributed by atoms with E-state index >= 15 is 0 Å². The number of carbonyl (C=O) groups is 1. The van der Waals surface area contributed by atoms with E-state index in [2.05, 4.69) is 29.0 Å². The van der Waals surface area contributed by atoms with Crippen molar-refractivity contribution >= 4 is 11.7 Å². The molecule has 2 rings (SSSR count). The number of rotatable bonds is 5. The van der Waals surface area contributed by atoms with Gasteiger partial charge < -0.3 is 15.1 Å². The van der Waals surface area contributed by atoms with Crippen LogP contribution in [-0.2, 0) is 0 Å². The largest absolute Gasteiger partial charge is 0.363 e. The van der Waals surface area contributed by atoms with Crippen LogP contribution in [0.5, 0.6) is 0 Å². The number of pyridine rings is 1. The maximum Gasteiger partial charge on any atom is 0.252 e. The minimum Gasteiger partial charge on any atom is -0.363 e. The molecule has 5 heteroatoms. The molecule has 0 saturated carbocycles. The molecule has 0 aromatic carbocycles. The van der Waals surface area contributed by atoms with Crippen LogP contribution in [0.2, 0.25) is 0 Å². The highest BCUT2D eigenvalue weighted by Crippen LogP contribution is 2.17. The van der Waals surface area contributed by atoms with Crippen LogP contribution in [-0.4, -0.2) is 55.6 Å². The summed E-state index contributed by atoms with van der Waals surface area (Å²) in [5.41, 5.74) is 0.624. The molecule has 0 spiro atoms. The summed E-state index contributed by atoms with van der Waals surface area (Å²) in [4.78, 5) is 20.8. The van der Waals surface area contributed by atoms with Crippen LogP contribution >= 0.6 is 0 Å². The zero-order valence-corrected chi connectivity index (χ0v) is 13.5. The van der Waals surface area contributed by atoms with Gasteiger partial charge in [0, 0.05) is 39.4 Å². The lowest BCUT2D eigenvalue weighted by molar-refractivity contribution is 0.0947. The van der Waals surface area contributed by atoms with Gasteiger partial charge in [-0.3, -0.25) is 4.79 Å². The number of carbonyl (C=O) groups excluding carboxylic acids is 1. The molecule has 1 aromatic rings. The Morgan fingerprint density at radius 2 is 2.24 bits per heavy atom. The van der Waals surface area contributed by atoms with E-state index in [9.17, 15) is 4.79 Å². The normalized spacial score (nSPS) is 19.0. The van der Waals surface area contributed by atoms with Crippen molar-refractivity contribution in [3.8, 4) is 0 Å². The minimum atomic E-state index is -0.0317. The lowest BCUT2D eigenvalue weighted by Crippen LogP contribution is -2.33. The Labute approximate surface area is 127 Å². The zero-order chi connectivity index (χ0) is 15.4. The molecule has 1 saturated heterocycles. The third-order valence-corrected chi connectivity index (χ3v) is 4.07. The predicted octanol–water partition coefficient (Wildman–Crippen LogP) is 1.61. The quantitative estimate of drug-likeness (QED) is 0.895. The maximum atomic E-state index is 12.1. The third-order valence-electron chi connectivity index (χ3n) is 4.07. The number of hydrogen-bond donors (Lipinski definition) is 1. The second-order valence-corrected chi connectivity index (χ2v) is 6.25. The average Bonchev–Trinajstić information content (AvgIpc) is 2.94. The molecule has 1 aromatic heterocycles. The number of hydrogen-bond acceptors (Lipinski definition) is 4. The van der Waals surface area contributed by atoms with Crippen molar-refractivity contribution in [2.45, 2.75) is 26.3 Å². The first-order valence-electron chi connectivity index (χ1n) is 7.63. The fourth-order valence-electron chi connectivity index (χ4n) is 2.62. The monoisotopic (exact) mass is 290 g/mol. The molecule has 0 aliphatic carbocycles. The standard InChI is InChI=1S/C16H26N4O/c1-12(2)20-8-7-13(11-20)9-18-16(21)14-5-6-15(17-10-14)19(3)4/h5-6,10,12-13H,7-9,11H2,1-4H3,(H,18,21)/t13-/m1/s1. The van der Waals surface area contributed by atoms with Crippen LogP contribution in [0.15, 0.2) is 18.3 Å². The van der Waals surface area contributed by atoms with Gasteiger partial charge in [0.2, 0.25) is 0 Å². The molecule has 1 N–H and O–H groups in total. The first-order chi connectivity index (χ1) is 9.97. The summed E-state index contributed by atoms with van der Waals surface area (Å²) in [5.74, 6) is 1.39. The number of aromatic nitrogens is 1. The van der Waals surface area contributed by atoms with Gasteiger partial charge in [-0.2, -0.15) is 0 Å². The van der Waals surface area contributed by atoms with Crippen molar-refractivity contribution < 1.29 is 4.79 Å². The first kappa shape index (κ1) is 15.8. The van der Waals surface area contributed by atoms with Gasteiger partial charge in [-0.15, -0.1) is 0 Å². The van der Waals surface area contributed by atoms with Gasteiger partial charge in [-0.05, 0) is 44.9 Å². The molecule has 0 unspecified atom stereocenters. The summed E-state index contributed by atoms with van der Waals surface area (Å²) in [6.45, 7) is 7.41.